The van der Waals surface area contributed by atoms with Gasteiger partial charge in [-0.15, -0.1) is 0 Å². The number of nitrogens with zero attached hydrogens (tertiary/aromatic N) is 2. The second-order valence-electron chi connectivity index (χ2n) is 7.07. The molecule has 0 saturated carbocycles. The normalized spacial score (nSPS) is 24.9. The van der Waals surface area contributed by atoms with Crippen molar-refractivity contribution >= 4 is 26.8 Å². The molecule has 0 radical (unpaired) electrons. The predicted molar refractivity (Wildman–Crippen MR) is 95.1 cm³/mol. The van der Waals surface area contributed by atoms with Gasteiger partial charge in [-0.05, 0) is 25.5 Å². The number of benzene rings is 1. The first-order valence-electron chi connectivity index (χ1n) is 8.61. The Morgan fingerprint density at radius 2 is 2.12 bits per heavy atom. The Hall–Kier alpha value is -1.93. The zero-order valence-corrected chi connectivity index (χ0v) is 14.9. The van der Waals surface area contributed by atoms with Gasteiger partial charge in [0.15, 0.2) is 9.84 Å². The van der Waals surface area contributed by atoms with Crippen LogP contribution in [0.25, 0.3) is 11.0 Å². The van der Waals surface area contributed by atoms with E-state index in [4.69, 9.17) is 0 Å². The summed E-state index contributed by atoms with van der Waals surface area (Å²) in [6.07, 6.45) is 0.516. The van der Waals surface area contributed by atoms with Gasteiger partial charge in [-0.2, -0.15) is 0 Å². The summed E-state index contributed by atoms with van der Waals surface area (Å²) in [5, 5.41) is 2.88. The van der Waals surface area contributed by atoms with Gasteiger partial charge in [0, 0.05) is 25.0 Å². The van der Waals surface area contributed by atoms with E-state index in [0.29, 0.717) is 12.3 Å². The van der Waals surface area contributed by atoms with Crippen LogP contribution in [0.2, 0.25) is 0 Å². The predicted octanol–water partition coefficient (Wildman–Crippen LogP) is 0.654. The molecule has 2 aromatic rings. The topological polar surface area (TPSA) is 95.2 Å². The third kappa shape index (κ3) is 3.28. The van der Waals surface area contributed by atoms with Gasteiger partial charge in [0.2, 0.25) is 5.91 Å². The summed E-state index contributed by atoms with van der Waals surface area (Å²) in [4.78, 5) is 22.4. The number of hydrogen-bond acceptors (Lipinski definition) is 5. The third-order valence-electron chi connectivity index (χ3n) is 5.21. The molecule has 7 nitrogen and oxygen atoms in total. The fraction of sp³-hybridized carbons (Fsp3) is 0.529. The Morgan fingerprint density at radius 3 is 2.80 bits per heavy atom. The molecule has 3 heterocycles. The molecular formula is C17H22N4O3S. The molecule has 0 bridgehead atoms. The average Bonchev–Trinajstić information content (AvgIpc) is 3.08. The van der Waals surface area contributed by atoms with Crippen molar-refractivity contribution in [3.8, 4) is 0 Å². The minimum Gasteiger partial charge on any atom is -0.351 e. The molecule has 25 heavy (non-hydrogen) atoms. The van der Waals surface area contributed by atoms with Crippen LogP contribution in [0.15, 0.2) is 24.3 Å². The molecule has 2 aliphatic heterocycles. The molecule has 1 amide bonds. The number of amides is 1. The van der Waals surface area contributed by atoms with Gasteiger partial charge in [0.25, 0.3) is 0 Å². The van der Waals surface area contributed by atoms with Crippen LogP contribution in [-0.2, 0) is 14.6 Å². The molecule has 1 aromatic carbocycles. The lowest BCUT2D eigenvalue weighted by Crippen LogP contribution is -2.56. The average molecular weight is 362 g/mol. The number of carbonyl (C=O) groups excluding carboxylic acids is 1. The minimum atomic E-state index is -2.98. The van der Waals surface area contributed by atoms with Crippen molar-refractivity contribution in [2.75, 3.05) is 24.6 Å². The maximum atomic E-state index is 12.4. The first kappa shape index (κ1) is 16.5. The summed E-state index contributed by atoms with van der Waals surface area (Å²) in [6.45, 7) is 3.42. The number of imidazole rings is 1. The summed E-state index contributed by atoms with van der Waals surface area (Å²) < 4.78 is 23.0. The van der Waals surface area contributed by atoms with Crippen LogP contribution < -0.4 is 5.32 Å². The van der Waals surface area contributed by atoms with Gasteiger partial charge >= 0.3 is 0 Å². The SMILES string of the molecule is C[C@H](C(=O)N[C@H]1CCS(=O)(=O)C1)N1CC(c2nc3ccccc3[nH]2)C1. The van der Waals surface area contributed by atoms with Gasteiger partial charge in [-0.1, -0.05) is 12.1 Å². The van der Waals surface area contributed by atoms with Crippen LogP contribution >= 0.6 is 0 Å². The maximum Gasteiger partial charge on any atom is 0.237 e. The van der Waals surface area contributed by atoms with E-state index in [-0.39, 0.29) is 29.5 Å². The Balaban J connectivity index is 1.32. The van der Waals surface area contributed by atoms with E-state index < -0.39 is 9.84 Å². The molecule has 134 valence electrons. The second-order valence-corrected chi connectivity index (χ2v) is 9.30. The molecule has 0 spiro atoms. The monoisotopic (exact) mass is 362 g/mol. The quantitative estimate of drug-likeness (QED) is 0.833. The number of aromatic amines is 1. The van der Waals surface area contributed by atoms with Gasteiger partial charge in [0.1, 0.15) is 5.82 Å². The van der Waals surface area contributed by atoms with Crippen molar-refractivity contribution < 1.29 is 13.2 Å². The van der Waals surface area contributed by atoms with E-state index in [9.17, 15) is 13.2 Å². The van der Waals surface area contributed by atoms with Crippen molar-refractivity contribution in [1.82, 2.24) is 20.2 Å². The van der Waals surface area contributed by atoms with Crippen LogP contribution in [0.1, 0.15) is 25.1 Å². The van der Waals surface area contributed by atoms with E-state index in [1.165, 1.54) is 0 Å². The molecule has 2 aliphatic rings. The maximum absolute atomic E-state index is 12.4. The van der Waals surface area contributed by atoms with E-state index >= 15 is 0 Å². The highest BCUT2D eigenvalue weighted by molar-refractivity contribution is 7.91. The summed E-state index contributed by atoms with van der Waals surface area (Å²) in [5.41, 5.74) is 1.99. The summed E-state index contributed by atoms with van der Waals surface area (Å²) in [5.74, 6) is 1.41. The number of carbonyl (C=O) groups is 1. The molecule has 4 rings (SSSR count). The van der Waals surface area contributed by atoms with Gasteiger partial charge in [-0.3, -0.25) is 9.69 Å². The van der Waals surface area contributed by atoms with E-state index in [1.807, 2.05) is 31.2 Å². The molecule has 8 heteroatoms. The first-order chi connectivity index (χ1) is 11.9. The second kappa shape index (κ2) is 6.10. The number of hydrogen-bond donors (Lipinski definition) is 2. The largest absolute Gasteiger partial charge is 0.351 e. The van der Waals surface area contributed by atoms with E-state index in [1.54, 1.807) is 0 Å². The molecular weight excluding hydrogens is 340 g/mol. The first-order valence-corrected chi connectivity index (χ1v) is 10.4. The smallest absolute Gasteiger partial charge is 0.237 e. The number of rotatable bonds is 4. The van der Waals surface area contributed by atoms with E-state index in [0.717, 1.165) is 29.9 Å². The van der Waals surface area contributed by atoms with Crippen molar-refractivity contribution in [2.24, 2.45) is 0 Å². The number of sulfone groups is 1. The number of likely N-dealkylation sites (tertiary alicyclic amines) is 1. The van der Waals surface area contributed by atoms with Crippen molar-refractivity contribution in [2.45, 2.75) is 31.3 Å². The number of nitrogens with one attached hydrogen (secondary N) is 2. The standard InChI is InChI=1S/C17H22N4O3S/c1-11(17(22)18-13-6-7-25(23,24)10-13)21-8-12(9-21)16-19-14-4-2-3-5-15(14)20-16/h2-5,11-13H,6-10H2,1H3,(H,18,22)(H,19,20)/t11-,13+/m1/s1. The lowest BCUT2D eigenvalue weighted by Gasteiger charge is -2.41. The zero-order valence-electron chi connectivity index (χ0n) is 14.1. The molecule has 0 aliphatic carbocycles. The van der Waals surface area contributed by atoms with Gasteiger partial charge < -0.3 is 10.3 Å². The van der Waals surface area contributed by atoms with Crippen molar-refractivity contribution in [3.63, 3.8) is 0 Å². The zero-order chi connectivity index (χ0) is 17.6. The lowest BCUT2D eigenvalue weighted by molar-refractivity contribution is -0.128. The number of aromatic nitrogens is 2. The van der Waals surface area contributed by atoms with Gasteiger partial charge in [-0.25, -0.2) is 13.4 Å². The Labute approximate surface area is 146 Å². The fourth-order valence-electron chi connectivity index (χ4n) is 3.56. The Bertz CT molecular complexity index is 869. The minimum absolute atomic E-state index is 0.0626. The molecule has 0 unspecified atom stereocenters. The van der Waals surface area contributed by atoms with Crippen molar-refractivity contribution in [1.29, 1.82) is 0 Å². The van der Waals surface area contributed by atoms with Crippen LogP contribution in [0.4, 0.5) is 0 Å². The Morgan fingerprint density at radius 1 is 1.36 bits per heavy atom. The molecule has 2 N–H and O–H groups in total. The highest BCUT2D eigenvalue weighted by atomic mass is 32.2. The summed E-state index contributed by atoms with van der Waals surface area (Å²) >= 11 is 0. The van der Waals surface area contributed by atoms with Crippen molar-refractivity contribution in [3.05, 3.63) is 30.1 Å². The Kier molecular flexibility index (Phi) is 4.04. The highest BCUT2D eigenvalue weighted by Crippen LogP contribution is 2.28. The number of para-hydroxylation sites is 2. The lowest BCUT2D eigenvalue weighted by atomic mass is 9.97. The summed E-state index contributed by atoms with van der Waals surface area (Å²) in [6, 6.07) is 7.44. The molecule has 2 fully saturated rings. The van der Waals surface area contributed by atoms with Gasteiger partial charge in [0.05, 0.1) is 28.6 Å². The van der Waals surface area contributed by atoms with Crippen LogP contribution in [0.5, 0.6) is 0 Å². The summed E-state index contributed by atoms with van der Waals surface area (Å²) in [7, 11) is -2.98. The van der Waals surface area contributed by atoms with Crippen LogP contribution in [0, 0.1) is 0 Å². The molecule has 2 saturated heterocycles. The fourth-order valence-corrected chi connectivity index (χ4v) is 5.24. The molecule has 2 atom stereocenters. The number of H-pyrrole nitrogens is 1. The van der Waals surface area contributed by atoms with E-state index in [2.05, 4.69) is 20.2 Å². The highest BCUT2D eigenvalue weighted by Gasteiger charge is 2.37. The van der Waals surface area contributed by atoms with Crippen LogP contribution in [0.3, 0.4) is 0 Å². The van der Waals surface area contributed by atoms with Crippen LogP contribution in [-0.4, -0.2) is 65.9 Å². The molecule has 1 aromatic heterocycles. The third-order valence-corrected chi connectivity index (χ3v) is 6.98. The number of fused-ring (bicyclic) bond motifs is 1.